The van der Waals surface area contributed by atoms with Crippen LogP contribution in [0.2, 0.25) is 0 Å². The lowest BCUT2D eigenvalue weighted by Gasteiger charge is -2.07. The van der Waals surface area contributed by atoms with E-state index in [1.54, 1.807) is 18.3 Å². The number of imidazole rings is 1. The molecule has 0 spiro atoms. The molecule has 3 aromatic rings. The topological polar surface area (TPSA) is 104 Å². The van der Waals surface area contributed by atoms with E-state index in [2.05, 4.69) is 15.3 Å². The van der Waals surface area contributed by atoms with E-state index >= 15 is 0 Å². The summed E-state index contributed by atoms with van der Waals surface area (Å²) in [6.07, 6.45) is 3.03. The number of amides is 1. The van der Waals surface area contributed by atoms with Gasteiger partial charge in [0.05, 0.1) is 18.6 Å². The largest absolute Gasteiger partial charge is 0.349 e. The van der Waals surface area contributed by atoms with Gasteiger partial charge in [-0.25, -0.2) is 9.78 Å². The molecule has 9 heteroatoms. The number of hydrogen-bond acceptors (Lipinski definition) is 5. The third-order valence-electron chi connectivity index (χ3n) is 3.72. The molecule has 0 fully saturated rings. The van der Waals surface area contributed by atoms with Gasteiger partial charge in [0.15, 0.2) is 11.2 Å². The van der Waals surface area contributed by atoms with Crippen molar-refractivity contribution in [3.63, 3.8) is 0 Å². The zero-order valence-electron chi connectivity index (χ0n) is 13.3. The minimum absolute atomic E-state index is 0.0726. The number of carbonyl (C=O) groups is 1. The summed E-state index contributed by atoms with van der Waals surface area (Å²) in [6, 6.07) is 5.43. The van der Waals surface area contributed by atoms with Crippen LogP contribution in [0.3, 0.4) is 0 Å². The Bertz CT molecular complexity index is 1020. The molecule has 0 aromatic carbocycles. The average Bonchev–Trinajstić information content (AvgIpc) is 3.01. The van der Waals surface area contributed by atoms with E-state index in [0.29, 0.717) is 6.54 Å². The number of carbonyl (C=O) groups excluding carboxylic acids is 1. The normalized spacial score (nSPS) is 10.9. The number of aromatic nitrogens is 5. The fourth-order valence-corrected chi connectivity index (χ4v) is 2.42. The molecular formula is C15H16N6O3. The molecule has 0 saturated carbocycles. The van der Waals surface area contributed by atoms with E-state index in [1.807, 2.05) is 6.07 Å². The van der Waals surface area contributed by atoms with Crippen LogP contribution in [0, 0.1) is 0 Å². The van der Waals surface area contributed by atoms with Gasteiger partial charge in [-0.05, 0) is 12.1 Å². The molecule has 0 radical (unpaired) electrons. The van der Waals surface area contributed by atoms with Gasteiger partial charge in [0, 0.05) is 20.3 Å². The van der Waals surface area contributed by atoms with Gasteiger partial charge < -0.3 is 9.88 Å². The third kappa shape index (κ3) is 2.71. The molecular weight excluding hydrogens is 312 g/mol. The second-order valence-electron chi connectivity index (χ2n) is 5.35. The highest BCUT2D eigenvalue weighted by molar-refractivity contribution is 5.78. The number of pyridine rings is 1. The van der Waals surface area contributed by atoms with Crippen molar-refractivity contribution in [3.8, 4) is 0 Å². The Labute approximate surface area is 136 Å². The lowest BCUT2D eigenvalue weighted by Crippen LogP contribution is -2.38. The van der Waals surface area contributed by atoms with Gasteiger partial charge in [-0.1, -0.05) is 6.07 Å². The van der Waals surface area contributed by atoms with Crippen LogP contribution in [-0.2, 0) is 32.0 Å². The molecule has 0 aliphatic rings. The number of fused-ring (bicyclic) bond motifs is 1. The Morgan fingerprint density at radius 1 is 1.17 bits per heavy atom. The summed E-state index contributed by atoms with van der Waals surface area (Å²) in [7, 11) is 2.92. The van der Waals surface area contributed by atoms with Gasteiger partial charge in [0.2, 0.25) is 5.91 Å². The lowest BCUT2D eigenvalue weighted by molar-refractivity contribution is -0.121. The van der Waals surface area contributed by atoms with Crippen molar-refractivity contribution in [3.05, 3.63) is 57.3 Å². The number of hydrogen-bond donors (Lipinski definition) is 1. The van der Waals surface area contributed by atoms with Gasteiger partial charge in [-0.15, -0.1) is 0 Å². The lowest BCUT2D eigenvalue weighted by atomic mass is 10.3. The quantitative estimate of drug-likeness (QED) is 0.671. The van der Waals surface area contributed by atoms with Crippen molar-refractivity contribution in [1.82, 2.24) is 29.0 Å². The number of rotatable bonds is 4. The van der Waals surface area contributed by atoms with Crippen LogP contribution < -0.4 is 16.6 Å². The molecule has 1 N–H and O–H groups in total. The number of nitrogens with zero attached hydrogens (tertiary/aromatic N) is 5. The zero-order chi connectivity index (χ0) is 17.3. The first-order chi connectivity index (χ1) is 11.5. The first-order valence-corrected chi connectivity index (χ1v) is 7.26. The Kier molecular flexibility index (Phi) is 3.98. The predicted molar refractivity (Wildman–Crippen MR) is 86.3 cm³/mol. The predicted octanol–water partition coefficient (Wildman–Crippen LogP) is -0.855. The van der Waals surface area contributed by atoms with Crippen LogP contribution in [0.1, 0.15) is 5.69 Å². The van der Waals surface area contributed by atoms with Crippen LogP contribution in [0.5, 0.6) is 0 Å². The van der Waals surface area contributed by atoms with E-state index in [1.165, 1.54) is 29.6 Å². The highest BCUT2D eigenvalue weighted by Crippen LogP contribution is 2.05. The van der Waals surface area contributed by atoms with Crippen molar-refractivity contribution in [2.75, 3.05) is 0 Å². The maximum absolute atomic E-state index is 12.3. The SMILES string of the molecule is Cn1c(=O)c2c(ncn2CC(=O)NCc2ccccn2)n(C)c1=O. The van der Waals surface area contributed by atoms with Gasteiger partial charge in [0.1, 0.15) is 6.54 Å². The summed E-state index contributed by atoms with van der Waals surface area (Å²) in [4.78, 5) is 44.5. The molecule has 0 unspecified atom stereocenters. The summed E-state index contributed by atoms with van der Waals surface area (Å²) < 4.78 is 3.70. The standard InChI is InChI=1S/C15H16N6O3/c1-19-13-12(14(23)20(2)15(19)24)21(9-18-13)8-11(22)17-7-10-5-3-4-6-16-10/h3-6,9H,7-8H2,1-2H3,(H,17,22). The van der Waals surface area contributed by atoms with Crippen LogP contribution in [0.15, 0.2) is 40.3 Å². The fraction of sp³-hybridized carbons (Fsp3) is 0.267. The van der Waals surface area contributed by atoms with Gasteiger partial charge >= 0.3 is 5.69 Å². The highest BCUT2D eigenvalue weighted by atomic mass is 16.2. The molecule has 1 amide bonds. The van der Waals surface area contributed by atoms with E-state index in [4.69, 9.17) is 0 Å². The summed E-state index contributed by atoms with van der Waals surface area (Å²) in [5.41, 5.74) is 0.258. The van der Waals surface area contributed by atoms with Gasteiger partial charge in [0.25, 0.3) is 5.56 Å². The summed E-state index contributed by atoms with van der Waals surface area (Å²) in [5, 5.41) is 2.73. The zero-order valence-corrected chi connectivity index (χ0v) is 13.3. The van der Waals surface area contributed by atoms with Crippen LogP contribution >= 0.6 is 0 Å². The van der Waals surface area contributed by atoms with E-state index in [9.17, 15) is 14.4 Å². The smallest absolute Gasteiger partial charge is 0.332 e. The fourth-order valence-electron chi connectivity index (χ4n) is 2.42. The monoisotopic (exact) mass is 328 g/mol. The molecule has 3 heterocycles. The molecule has 9 nitrogen and oxygen atoms in total. The first-order valence-electron chi connectivity index (χ1n) is 7.26. The molecule has 124 valence electrons. The first kappa shape index (κ1) is 15.7. The number of aryl methyl sites for hydroxylation is 1. The maximum Gasteiger partial charge on any atom is 0.332 e. The van der Waals surface area contributed by atoms with Crippen molar-refractivity contribution >= 4 is 17.1 Å². The highest BCUT2D eigenvalue weighted by Gasteiger charge is 2.15. The molecule has 0 aliphatic carbocycles. The average molecular weight is 328 g/mol. The van der Waals surface area contributed by atoms with Crippen molar-refractivity contribution in [1.29, 1.82) is 0 Å². The van der Waals surface area contributed by atoms with Gasteiger partial charge in [-0.2, -0.15) is 0 Å². The van der Waals surface area contributed by atoms with Gasteiger partial charge in [-0.3, -0.25) is 23.7 Å². The van der Waals surface area contributed by atoms with Crippen LogP contribution in [0.4, 0.5) is 0 Å². The van der Waals surface area contributed by atoms with E-state index in [0.717, 1.165) is 10.3 Å². The van der Waals surface area contributed by atoms with Crippen LogP contribution in [0.25, 0.3) is 11.2 Å². The Hall–Kier alpha value is -3.23. The van der Waals surface area contributed by atoms with Crippen molar-refractivity contribution in [2.24, 2.45) is 14.1 Å². The Morgan fingerprint density at radius 3 is 2.67 bits per heavy atom. The molecule has 0 atom stereocenters. The summed E-state index contributed by atoms with van der Waals surface area (Å²) in [5.74, 6) is -0.282. The molecule has 24 heavy (non-hydrogen) atoms. The summed E-state index contributed by atoms with van der Waals surface area (Å²) >= 11 is 0. The molecule has 3 rings (SSSR count). The second kappa shape index (κ2) is 6.11. The molecule has 0 aliphatic heterocycles. The number of nitrogens with one attached hydrogen (secondary N) is 1. The Morgan fingerprint density at radius 2 is 1.96 bits per heavy atom. The second-order valence-corrected chi connectivity index (χ2v) is 5.35. The van der Waals surface area contributed by atoms with Crippen LogP contribution in [-0.4, -0.2) is 29.6 Å². The van der Waals surface area contributed by atoms with Crippen molar-refractivity contribution in [2.45, 2.75) is 13.1 Å². The third-order valence-corrected chi connectivity index (χ3v) is 3.72. The van der Waals surface area contributed by atoms with E-state index < -0.39 is 11.2 Å². The molecule has 0 bridgehead atoms. The summed E-state index contributed by atoms with van der Waals surface area (Å²) in [6.45, 7) is 0.222. The van der Waals surface area contributed by atoms with Crippen molar-refractivity contribution < 1.29 is 4.79 Å². The minimum atomic E-state index is -0.483. The molecule has 3 aromatic heterocycles. The molecule has 0 saturated heterocycles. The van der Waals surface area contributed by atoms with E-state index in [-0.39, 0.29) is 23.6 Å². The maximum atomic E-state index is 12.3. The minimum Gasteiger partial charge on any atom is -0.349 e. The Balaban J connectivity index is 1.84.